The molecule has 1 saturated heterocycles. The summed E-state index contributed by atoms with van der Waals surface area (Å²) in [6, 6.07) is 14.1. The van der Waals surface area contributed by atoms with E-state index in [1.165, 1.54) is 23.0 Å². The van der Waals surface area contributed by atoms with Crippen molar-refractivity contribution < 1.29 is 4.39 Å². The van der Waals surface area contributed by atoms with Crippen LogP contribution in [0.25, 0.3) is 0 Å². The topological polar surface area (TPSA) is 63.1 Å². The summed E-state index contributed by atoms with van der Waals surface area (Å²) in [5.41, 5.74) is 1.58. The second-order valence-electron chi connectivity index (χ2n) is 7.06. The fourth-order valence-corrected chi connectivity index (χ4v) is 3.69. The van der Waals surface area contributed by atoms with Gasteiger partial charge in [0, 0.05) is 29.8 Å². The van der Waals surface area contributed by atoms with Crippen molar-refractivity contribution >= 4 is 23.2 Å². The van der Waals surface area contributed by atoms with Crippen LogP contribution in [0.1, 0.15) is 18.4 Å². The minimum atomic E-state index is -0.362. The summed E-state index contributed by atoms with van der Waals surface area (Å²) in [4.78, 5) is 22.9. The van der Waals surface area contributed by atoms with Crippen molar-refractivity contribution in [3.8, 4) is 0 Å². The molecule has 0 saturated carbocycles. The van der Waals surface area contributed by atoms with Crippen LogP contribution in [0.4, 0.5) is 16.0 Å². The SMILES string of the molecule is O=c1nc(NCC2CCCN2c2ccc(F)cc2)ncn1Cc1ccc(Cl)cc1. The molecule has 8 heteroatoms. The van der Waals surface area contributed by atoms with Crippen LogP contribution in [-0.4, -0.2) is 33.7 Å². The number of benzene rings is 2. The van der Waals surface area contributed by atoms with Crippen molar-refractivity contribution in [3.63, 3.8) is 0 Å². The van der Waals surface area contributed by atoms with E-state index in [4.69, 9.17) is 11.6 Å². The van der Waals surface area contributed by atoms with Crippen LogP contribution in [0.5, 0.6) is 0 Å². The van der Waals surface area contributed by atoms with E-state index in [0.717, 1.165) is 30.6 Å². The van der Waals surface area contributed by atoms with Gasteiger partial charge < -0.3 is 10.2 Å². The first-order chi connectivity index (χ1) is 14.1. The second kappa shape index (κ2) is 8.61. The monoisotopic (exact) mass is 413 g/mol. The third-order valence-corrected chi connectivity index (χ3v) is 5.32. The molecule has 2 heterocycles. The molecule has 4 rings (SSSR count). The van der Waals surface area contributed by atoms with Crippen molar-refractivity contribution in [2.75, 3.05) is 23.3 Å². The Kier molecular flexibility index (Phi) is 5.76. The van der Waals surface area contributed by atoms with E-state index < -0.39 is 0 Å². The molecule has 1 N–H and O–H groups in total. The first kappa shape index (κ1) is 19.4. The van der Waals surface area contributed by atoms with Gasteiger partial charge in [0.25, 0.3) is 0 Å². The van der Waals surface area contributed by atoms with Gasteiger partial charge in [-0.1, -0.05) is 23.7 Å². The minimum Gasteiger partial charge on any atom is -0.367 e. The number of nitrogens with one attached hydrogen (secondary N) is 1. The molecule has 0 spiro atoms. The van der Waals surface area contributed by atoms with Crippen LogP contribution in [0.15, 0.2) is 59.7 Å². The molecule has 150 valence electrons. The zero-order valence-electron chi connectivity index (χ0n) is 15.8. The van der Waals surface area contributed by atoms with Gasteiger partial charge in [0.05, 0.1) is 6.54 Å². The van der Waals surface area contributed by atoms with E-state index in [1.807, 2.05) is 12.1 Å². The fourth-order valence-electron chi connectivity index (χ4n) is 3.57. The fraction of sp³-hybridized carbons (Fsp3) is 0.286. The van der Waals surface area contributed by atoms with Gasteiger partial charge in [-0.3, -0.25) is 4.57 Å². The summed E-state index contributed by atoms with van der Waals surface area (Å²) in [7, 11) is 0. The third kappa shape index (κ3) is 4.74. The number of rotatable bonds is 6. The number of hydrogen-bond acceptors (Lipinski definition) is 5. The molecule has 0 amide bonds. The second-order valence-corrected chi connectivity index (χ2v) is 7.50. The Morgan fingerprint density at radius 1 is 1.14 bits per heavy atom. The molecular formula is C21H21ClFN5O. The smallest absolute Gasteiger partial charge is 0.352 e. The normalized spacial score (nSPS) is 16.2. The first-order valence-corrected chi connectivity index (χ1v) is 9.90. The van der Waals surface area contributed by atoms with Crippen LogP contribution in [0.2, 0.25) is 5.02 Å². The lowest BCUT2D eigenvalue weighted by molar-refractivity contribution is 0.626. The standard InChI is InChI=1S/C21H21ClFN5O/c22-16-5-3-15(4-6-16)13-27-14-25-20(26-21(27)29)24-12-19-2-1-11-28(19)18-9-7-17(23)8-10-18/h3-10,14,19H,1-2,11-13H2,(H,24,26,29). The zero-order chi connectivity index (χ0) is 20.2. The maximum Gasteiger partial charge on any atom is 0.352 e. The average Bonchev–Trinajstić information content (AvgIpc) is 3.19. The Balaban J connectivity index is 1.39. The van der Waals surface area contributed by atoms with E-state index in [1.54, 1.807) is 24.3 Å². The van der Waals surface area contributed by atoms with Crippen LogP contribution in [0.3, 0.4) is 0 Å². The summed E-state index contributed by atoms with van der Waals surface area (Å²) in [6.07, 6.45) is 3.57. The van der Waals surface area contributed by atoms with Gasteiger partial charge in [-0.25, -0.2) is 14.2 Å². The Hall–Kier alpha value is -2.93. The number of hydrogen-bond donors (Lipinski definition) is 1. The van der Waals surface area contributed by atoms with Crippen molar-refractivity contribution in [2.45, 2.75) is 25.4 Å². The number of aromatic nitrogens is 3. The first-order valence-electron chi connectivity index (χ1n) is 9.52. The van der Waals surface area contributed by atoms with Crippen LogP contribution < -0.4 is 15.9 Å². The van der Waals surface area contributed by atoms with Gasteiger partial charge >= 0.3 is 5.69 Å². The highest BCUT2D eigenvalue weighted by molar-refractivity contribution is 6.30. The Bertz CT molecular complexity index is 1020. The van der Waals surface area contributed by atoms with E-state index in [9.17, 15) is 9.18 Å². The highest BCUT2D eigenvalue weighted by Crippen LogP contribution is 2.25. The quantitative estimate of drug-likeness (QED) is 0.669. The highest BCUT2D eigenvalue weighted by Gasteiger charge is 2.24. The number of nitrogens with zero attached hydrogens (tertiary/aromatic N) is 4. The molecule has 1 aliphatic heterocycles. The molecule has 0 radical (unpaired) electrons. The average molecular weight is 414 g/mol. The largest absolute Gasteiger partial charge is 0.367 e. The summed E-state index contributed by atoms with van der Waals surface area (Å²) in [6.45, 7) is 1.91. The zero-order valence-corrected chi connectivity index (χ0v) is 16.5. The summed E-state index contributed by atoms with van der Waals surface area (Å²) in [5, 5.41) is 3.82. The third-order valence-electron chi connectivity index (χ3n) is 5.06. The van der Waals surface area contributed by atoms with E-state index >= 15 is 0 Å². The maximum absolute atomic E-state index is 13.2. The molecule has 2 aromatic carbocycles. The number of anilines is 2. The predicted molar refractivity (Wildman–Crippen MR) is 112 cm³/mol. The molecule has 29 heavy (non-hydrogen) atoms. The van der Waals surface area contributed by atoms with Crippen molar-refractivity contribution in [1.29, 1.82) is 0 Å². The molecule has 6 nitrogen and oxygen atoms in total. The lowest BCUT2D eigenvalue weighted by Gasteiger charge is -2.27. The molecule has 1 aromatic heterocycles. The molecule has 1 aliphatic rings. The highest BCUT2D eigenvalue weighted by atomic mass is 35.5. The van der Waals surface area contributed by atoms with Gasteiger partial charge in [0.2, 0.25) is 5.95 Å². The lowest BCUT2D eigenvalue weighted by atomic mass is 10.2. The predicted octanol–water partition coefficient (Wildman–Crippen LogP) is 3.56. The lowest BCUT2D eigenvalue weighted by Crippen LogP contribution is -2.35. The molecular weight excluding hydrogens is 393 g/mol. The van der Waals surface area contributed by atoms with Crippen molar-refractivity contribution in [1.82, 2.24) is 14.5 Å². The molecule has 1 fully saturated rings. The van der Waals surface area contributed by atoms with Gasteiger partial charge in [-0.2, -0.15) is 4.98 Å². The van der Waals surface area contributed by atoms with E-state index in [2.05, 4.69) is 20.2 Å². The Labute approximate surface area is 173 Å². The van der Waals surface area contributed by atoms with Crippen molar-refractivity contribution in [3.05, 3.63) is 81.7 Å². The van der Waals surface area contributed by atoms with E-state index in [-0.39, 0.29) is 17.5 Å². The Morgan fingerprint density at radius 2 is 1.90 bits per heavy atom. The van der Waals surface area contributed by atoms with Gasteiger partial charge in [-0.15, -0.1) is 0 Å². The van der Waals surface area contributed by atoms with Gasteiger partial charge in [0.15, 0.2) is 0 Å². The van der Waals surface area contributed by atoms with Gasteiger partial charge in [0.1, 0.15) is 12.1 Å². The van der Waals surface area contributed by atoms with E-state index in [0.29, 0.717) is 24.1 Å². The van der Waals surface area contributed by atoms with Crippen LogP contribution >= 0.6 is 11.6 Å². The molecule has 0 bridgehead atoms. The molecule has 1 unspecified atom stereocenters. The molecule has 0 aliphatic carbocycles. The summed E-state index contributed by atoms with van der Waals surface area (Å²) >= 11 is 5.89. The minimum absolute atomic E-state index is 0.237. The Morgan fingerprint density at radius 3 is 2.62 bits per heavy atom. The van der Waals surface area contributed by atoms with Crippen LogP contribution in [-0.2, 0) is 6.54 Å². The number of halogens is 2. The van der Waals surface area contributed by atoms with Crippen LogP contribution in [0, 0.1) is 5.82 Å². The molecule has 1 atom stereocenters. The summed E-state index contributed by atoms with van der Waals surface area (Å²) < 4.78 is 14.6. The molecule has 3 aromatic rings. The maximum atomic E-state index is 13.2. The van der Waals surface area contributed by atoms with Crippen molar-refractivity contribution in [2.24, 2.45) is 0 Å². The summed E-state index contributed by atoms with van der Waals surface area (Å²) in [5.74, 6) is 0.0727. The van der Waals surface area contributed by atoms with Gasteiger partial charge in [-0.05, 0) is 54.8 Å².